The van der Waals surface area contributed by atoms with Crippen LogP contribution < -0.4 is 0 Å². The molecule has 3 aliphatic carbocycles. The van der Waals surface area contributed by atoms with Crippen LogP contribution in [0.2, 0.25) is 18.1 Å². The van der Waals surface area contributed by atoms with Gasteiger partial charge in [0.2, 0.25) is 5.78 Å². The highest BCUT2D eigenvalue weighted by Crippen LogP contribution is 2.65. The minimum atomic E-state index is -2.39. The first-order valence-electron chi connectivity index (χ1n) is 17.0. The molecule has 260 valence electrons. The summed E-state index contributed by atoms with van der Waals surface area (Å²) >= 11 is 0. The normalized spacial score (nSPS) is 39.3. The highest BCUT2D eigenvalue weighted by Gasteiger charge is 2.78. The minimum Gasteiger partial charge on any atom is -0.493 e. The van der Waals surface area contributed by atoms with Crippen molar-refractivity contribution in [1.82, 2.24) is 0 Å². The zero-order valence-electron chi connectivity index (χ0n) is 29.3. The van der Waals surface area contributed by atoms with E-state index >= 15 is 4.79 Å². The zero-order valence-corrected chi connectivity index (χ0v) is 30.3. The van der Waals surface area contributed by atoms with Crippen LogP contribution in [-0.4, -0.2) is 85.6 Å². The molecule has 1 aliphatic heterocycles. The van der Waals surface area contributed by atoms with Crippen LogP contribution in [-0.2, 0) is 33.0 Å². The van der Waals surface area contributed by atoms with Crippen LogP contribution in [0, 0.1) is 22.7 Å². The van der Waals surface area contributed by atoms with Gasteiger partial charge in [-0.05, 0) is 42.8 Å². The predicted molar refractivity (Wildman–Crippen MR) is 176 cm³/mol. The number of Topliss-reactive ketones (excluding diaryl/α,β-unsaturated/α-hetero) is 1. The Kier molecular flexibility index (Phi) is 9.42. The Morgan fingerprint density at radius 2 is 1.68 bits per heavy atom. The molecule has 0 aromatic heterocycles. The summed E-state index contributed by atoms with van der Waals surface area (Å²) in [6, 6.07) is 10.9. The molecule has 3 fully saturated rings. The number of allylic oxidation sites excluding steroid dienone is 1. The SMILES string of the molecule is CC[Si](CC)(CC)OC1CC2OCC2(OC(C)=O)C2C(OC(=O)c3ccccc3)C3(O)CC(O)C(C)/C(=C(\OC)C(=O)C12C)C3(C)C. The maximum Gasteiger partial charge on any atom is 0.338 e. The van der Waals surface area contributed by atoms with E-state index in [0.29, 0.717) is 5.57 Å². The molecule has 47 heavy (non-hydrogen) atoms. The van der Waals surface area contributed by atoms with Gasteiger partial charge in [-0.3, -0.25) is 9.59 Å². The van der Waals surface area contributed by atoms with Gasteiger partial charge in [0.05, 0.1) is 42.8 Å². The van der Waals surface area contributed by atoms with Crippen molar-refractivity contribution in [3.8, 4) is 0 Å². The van der Waals surface area contributed by atoms with Crippen LogP contribution in [0.1, 0.15) is 78.6 Å². The minimum absolute atomic E-state index is 0.0436. The van der Waals surface area contributed by atoms with E-state index in [4.69, 9.17) is 23.4 Å². The van der Waals surface area contributed by atoms with E-state index in [9.17, 15) is 19.8 Å². The number of hydrogen-bond donors (Lipinski definition) is 2. The standard InChI is InChI=1S/C36H52O10Si/c1-10-47(11-2,12-3)46-25-18-26-35(20-43-26,45-22(5)37)29-31(44-32(40)23-16-14-13-15-17-23)36(41)19-24(38)21(4)27(33(36,6)7)28(42-9)30(39)34(25,29)8/h13-17,21,24-26,29,31,38,41H,10-12,18-20H2,1-9H3/b28-27+. The molecule has 1 aromatic rings. The summed E-state index contributed by atoms with van der Waals surface area (Å²) in [6.07, 6.45) is -3.88. The van der Waals surface area contributed by atoms with E-state index in [1.165, 1.54) is 14.0 Å². The number of aliphatic hydroxyl groups excluding tert-OH is 1. The maximum atomic E-state index is 15.5. The van der Waals surface area contributed by atoms with Gasteiger partial charge in [0, 0.05) is 31.1 Å². The van der Waals surface area contributed by atoms with E-state index in [2.05, 4.69) is 20.8 Å². The van der Waals surface area contributed by atoms with Gasteiger partial charge in [-0.25, -0.2) is 4.79 Å². The second-order valence-electron chi connectivity index (χ2n) is 14.8. The van der Waals surface area contributed by atoms with E-state index < -0.39 is 84.3 Å². The number of benzene rings is 1. The lowest BCUT2D eigenvalue weighted by atomic mass is 9.45. The number of rotatable bonds is 9. The van der Waals surface area contributed by atoms with Crippen molar-refractivity contribution in [2.24, 2.45) is 22.7 Å². The molecule has 2 saturated carbocycles. The van der Waals surface area contributed by atoms with Crippen molar-refractivity contribution in [2.45, 2.75) is 122 Å². The van der Waals surface area contributed by atoms with Gasteiger partial charge >= 0.3 is 11.9 Å². The number of esters is 2. The number of aliphatic hydroxyl groups is 2. The third kappa shape index (κ3) is 5.14. The van der Waals surface area contributed by atoms with Crippen LogP contribution in [0.3, 0.4) is 0 Å². The van der Waals surface area contributed by atoms with E-state index in [1.54, 1.807) is 51.1 Å². The number of fused-ring (bicyclic) bond motifs is 5. The van der Waals surface area contributed by atoms with Crippen molar-refractivity contribution in [3.63, 3.8) is 0 Å². The molecule has 1 saturated heterocycles. The largest absolute Gasteiger partial charge is 0.493 e. The summed E-state index contributed by atoms with van der Waals surface area (Å²) in [5, 5.41) is 24.8. The zero-order chi connectivity index (χ0) is 34.7. The molecular weight excluding hydrogens is 620 g/mol. The van der Waals surface area contributed by atoms with Gasteiger partial charge in [-0.2, -0.15) is 0 Å². The van der Waals surface area contributed by atoms with Gasteiger partial charge in [0.15, 0.2) is 19.7 Å². The van der Waals surface area contributed by atoms with Gasteiger partial charge in [0.1, 0.15) is 17.8 Å². The van der Waals surface area contributed by atoms with Crippen LogP contribution in [0.4, 0.5) is 0 Å². The topological polar surface area (TPSA) is 138 Å². The fourth-order valence-corrected chi connectivity index (χ4v) is 12.2. The summed E-state index contributed by atoms with van der Waals surface area (Å²) in [5.74, 6) is -3.35. The van der Waals surface area contributed by atoms with Gasteiger partial charge in [0.25, 0.3) is 0 Å². The monoisotopic (exact) mass is 672 g/mol. The molecule has 4 aliphatic rings. The molecule has 11 heteroatoms. The summed E-state index contributed by atoms with van der Waals surface area (Å²) in [5.41, 5.74) is -5.44. The molecule has 2 bridgehead atoms. The van der Waals surface area contributed by atoms with Crippen molar-refractivity contribution >= 4 is 26.0 Å². The van der Waals surface area contributed by atoms with Gasteiger partial charge in [-0.15, -0.1) is 0 Å². The smallest absolute Gasteiger partial charge is 0.338 e. The lowest BCUT2D eigenvalue weighted by Gasteiger charge is -2.68. The number of carbonyl (C=O) groups excluding carboxylic acids is 3. The Bertz CT molecular complexity index is 1410. The lowest BCUT2D eigenvalue weighted by molar-refractivity contribution is -0.344. The van der Waals surface area contributed by atoms with Crippen LogP contribution in [0.15, 0.2) is 41.7 Å². The van der Waals surface area contributed by atoms with Crippen LogP contribution in [0.25, 0.3) is 0 Å². The maximum absolute atomic E-state index is 15.5. The summed E-state index contributed by atoms with van der Waals surface area (Å²) in [4.78, 5) is 42.4. The molecule has 1 aromatic carbocycles. The Morgan fingerprint density at radius 1 is 1.06 bits per heavy atom. The quantitative estimate of drug-likeness (QED) is 0.273. The summed E-state index contributed by atoms with van der Waals surface area (Å²) in [6.45, 7) is 14.7. The molecule has 0 spiro atoms. The Morgan fingerprint density at radius 3 is 2.19 bits per heavy atom. The molecule has 10 nitrogen and oxygen atoms in total. The van der Waals surface area contributed by atoms with E-state index in [1.807, 2.05) is 6.92 Å². The predicted octanol–water partition coefficient (Wildman–Crippen LogP) is 4.97. The van der Waals surface area contributed by atoms with E-state index in [-0.39, 0.29) is 30.8 Å². The number of ketones is 1. The lowest BCUT2D eigenvalue weighted by Crippen LogP contribution is -2.81. The number of ether oxygens (including phenoxy) is 4. The fraction of sp³-hybridized carbons (Fsp3) is 0.694. The first-order valence-corrected chi connectivity index (χ1v) is 19.5. The summed E-state index contributed by atoms with van der Waals surface area (Å²) in [7, 11) is -0.967. The molecule has 1 heterocycles. The number of methoxy groups -OCH3 is 1. The number of carbonyl (C=O) groups is 3. The second kappa shape index (κ2) is 12.4. The molecule has 0 amide bonds. The second-order valence-corrected chi connectivity index (χ2v) is 19.5. The molecule has 5 rings (SSSR count). The molecule has 9 atom stereocenters. The first-order chi connectivity index (χ1) is 22.0. The summed E-state index contributed by atoms with van der Waals surface area (Å²) < 4.78 is 32.0. The molecule has 9 unspecified atom stereocenters. The third-order valence-corrected chi connectivity index (χ3v) is 17.1. The Balaban J connectivity index is 1.87. The van der Waals surface area contributed by atoms with Crippen LogP contribution >= 0.6 is 0 Å². The van der Waals surface area contributed by atoms with Crippen LogP contribution in [0.5, 0.6) is 0 Å². The van der Waals surface area contributed by atoms with Gasteiger partial charge < -0.3 is 33.6 Å². The van der Waals surface area contributed by atoms with E-state index in [0.717, 1.165) is 18.1 Å². The van der Waals surface area contributed by atoms with Crippen molar-refractivity contribution < 1.29 is 48.0 Å². The number of hydrogen-bond acceptors (Lipinski definition) is 10. The average Bonchev–Trinajstić information content (AvgIpc) is 3.03. The molecule has 0 radical (unpaired) electrons. The van der Waals surface area contributed by atoms with Crippen molar-refractivity contribution in [1.29, 1.82) is 0 Å². The third-order valence-electron chi connectivity index (χ3n) is 12.5. The Labute approximate surface area is 279 Å². The molecular formula is C36H52O10Si. The van der Waals surface area contributed by atoms with Crippen molar-refractivity contribution in [2.75, 3.05) is 13.7 Å². The molecule has 2 N–H and O–H groups in total. The fourth-order valence-electron chi connectivity index (χ4n) is 9.30. The average molecular weight is 673 g/mol. The highest BCUT2D eigenvalue weighted by atomic mass is 28.4. The first kappa shape index (κ1) is 35.7. The van der Waals surface area contributed by atoms with Gasteiger partial charge in [-0.1, -0.05) is 59.7 Å². The Hall–Kier alpha value is -2.57. The highest BCUT2D eigenvalue weighted by molar-refractivity contribution is 6.73. The van der Waals surface area contributed by atoms with Crippen molar-refractivity contribution in [3.05, 3.63) is 47.2 Å².